The van der Waals surface area contributed by atoms with Crippen molar-refractivity contribution in [1.29, 1.82) is 0 Å². The highest BCUT2D eigenvalue weighted by Crippen LogP contribution is 2.13. The number of isocyanates is 2. The Kier molecular flexibility index (Phi) is 12.9. The van der Waals surface area contributed by atoms with Gasteiger partial charge in [0.05, 0.1) is 13.1 Å². The molecule has 0 fully saturated rings. The molecule has 0 aliphatic heterocycles. The van der Waals surface area contributed by atoms with Gasteiger partial charge in [-0.1, -0.05) is 51.9 Å². The Morgan fingerprint density at radius 3 is 1.83 bits per heavy atom. The molecule has 0 unspecified atom stereocenters. The molecule has 0 aromatic heterocycles. The van der Waals surface area contributed by atoms with E-state index in [2.05, 4.69) is 16.9 Å². The van der Waals surface area contributed by atoms with Crippen LogP contribution in [0.3, 0.4) is 0 Å². The van der Waals surface area contributed by atoms with Gasteiger partial charge < -0.3 is 0 Å². The van der Waals surface area contributed by atoms with Crippen molar-refractivity contribution in [3.63, 3.8) is 0 Å². The summed E-state index contributed by atoms with van der Waals surface area (Å²) in [5, 5.41) is 0. The summed E-state index contributed by atoms with van der Waals surface area (Å²) in [6, 6.07) is 0. The van der Waals surface area contributed by atoms with Crippen LogP contribution >= 0.6 is 0 Å². The molecular weight excluding hydrogens is 228 g/mol. The lowest BCUT2D eigenvalue weighted by molar-refractivity contribution is 0.463. The van der Waals surface area contributed by atoms with E-state index in [1.165, 1.54) is 50.7 Å². The lowest BCUT2D eigenvalue weighted by atomic mass is 10.00. The van der Waals surface area contributed by atoms with Gasteiger partial charge >= 0.3 is 0 Å². The Balaban J connectivity index is 3.61. The smallest absolute Gasteiger partial charge is 0.211 e. The molecule has 0 spiro atoms. The zero-order valence-corrected chi connectivity index (χ0v) is 11.4. The molecule has 0 N–H and O–H groups in total. The molecule has 18 heavy (non-hydrogen) atoms. The monoisotopic (exact) mass is 252 g/mol. The van der Waals surface area contributed by atoms with Crippen LogP contribution in [-0.4, -0.2) is 25.2 Å². The number of hydrogen-bond acceptors (Lipinski definition) is 4. The van der Waals surface area contributed by atoms with Crippen molar-refractivity contribution in [3.05, 3.63) is 0 Å². The number of aliphatic imine (C=N–C) groups is 2. The molecule has 0 amide bonds. The van der Waals surface area contributed by atoms with Gasteiger partial charge in [0.25, 0.3) is 0 Å². The average molecular weight is 252 g/mol. The third kappa shape index (κ3) is 11.3. The Bertz CT molecular complexity index is 260. The fourth-order valence-electron chi connectivity index (χ4n) is 1.96. The summed E-state index contributed by atoms with van der Waals surface area (Å²) < 4.78 is 0. The topological polar surface area (TPSA) is 58.9 Å². The molecule has 0 saturated heterocycles. The SMILES string of the molecule is CCCCCCCCCC(CN=C=O)CN=C=O. The summed E-state index contributed by atoms with van der Waals surface area (Å²) in [7, 11) is 0. The third-order valence-electron chi connectivity index (χ3n) is 3.04. The van der Waals surface area contributed by atoms with Crippen LogP contribution in [0.15, 0.2) is 9.98 Å². The number of hydrogen-bond donors (Lipinski definition) is 0. The van der Waals surface area contributed by atoms with Crippen molar-refractivity contribution in [2.24, 2.45) is 15.9 Å². The van der Waals surface area contributed by atoms with Gasteiger partial charge in [-0.25, -0.2) is 19.6 Å². The van der Waals surface area contributed by atoms with Crippen molar-refractivity contribution < 1.29 is 9.59 Å². The van der Waals surface area contributed by atoms with E-state index in [0.717, 1.165) is 12.8 Å². The second-order valence-electron chi connectivity index (χ2n) is 4.64. The predicted molar refractivity (Wildman–Crippen MR) is 72.1 cm³/mol. The second kappa shape index (κ2) is 13.8. The van der Waals surface area contributed by atoms with Crippen molar-refractivity contribution in [3.8, 4) is 0 Å². The van der Waals surface area contributed by atoms with Crippen molar-refractivity contribution in [2.75, 3.05) is 13.1 Å². The van der Waals surface area contributed by atoms with Crippen LogP contribution in [0.5, 0.6) is 0 Å². The van der Waals surface area contributed by atoms with Crippen molar-refractivity contribution in [2.45, 2.75) is 58.3 Å². The molecule has 0 saturated carbocycles. The van der Waals surface area contributed by atoms with Crippen molar-refractivity contribution in [1.82, 2.24) is 0 Å². The Hall–Kier alpha value is -1.24. The average Bonchev–Trinajstić information content (AvgIpc) is 2.40. The van der Waals surface area contributed by atoms with E-state index in [1.807, 2.05) is 0 Å². The molecule has 0 aliphatic carbocycles. The molecule has 4 nitrogen and oxygen atoms in total. The maximum atomic E-state index is 10.1. The van der Waals surface area contributed by atoms with Gasteiger partial charge in [-0.2, -0.15) is 0 Å². The first kappa shape index (κ1) is 16.8. The standard InChI is InChI=1S/C14H24N2O2/c1-2-3-4-5-6-7-8-9-14(10-15-12-17)11-16-13-18/h14H,2-11H2,1H3. The van der Waals surface area contributed by atoms with E-state index in [-0.39, 0.29) is 5.92 Å². The molecule has 0 heterocycles. The minimum atomic E-state index is 0.184. The maximum absolute atomic E-state index is 10.1. The van der Waals surface area contributed by atoms with Crippen LogP contribution in [0, 0.1) is 5.92 Å². The highest BCUT2D eigenvalue weighted by atomic mass is 16.1. The molecule has 4 heteroatoms. The molecule has 0 aliphatic rings. The van der Waals surface area contributed by atoms with Crippen LogP contribution in [0.2, 0.25) is 0 Å². The van der Waals surface area contributed by atoms with Crippen LogP contribution in [0.25, 0.3) is 0 Å². The van der Waals surface area contributed by atoms with Gasteiger partial charge in [0.15, 0.2) is 0 Å². The summed E-state index contributed by atoms with van der Waals surface area (Å²) in [6.45, 7) is 3.06. The van der Waals surface area contributed by atoms with Gasteiger partial charge in [0.2, 0.25) is 12.2 Å². The lowest BCUT2D eigenvalue weighted by Gasteiger charge is -2.10. The van der Waals surface area contributed by atoms with Gasteiger partial charge in [0, 0.05) is 0 Å². The first-order valence-electron chi connectivity index (χ1n) is 6.92. The molecule has 0 aromatic rings. The fraction of sp³-hybridized carbons (Fsp3) is 0.857. The zero-order valence-electron chi connectivity index (χ0n) is 11.4. The minimum absolute atomic E-state index is 0.184. The quantitative estimate of drug-likeness (QED) is 0.303. The zero-order chi connectivity index (χ0) is 13.5. The van der Waals surface area contributed by atoms with E-state index < -0.39 is 0 Å². The summed E-state index contributed by atoms with van der Waals surface area (Å²) in [6.07, 6.45) is 12.8. The molecule has 0 rings (SSSR count). The van der Waals surface area contributed by atoms with Crippen LogP contribution in [0.4, 0.5) is 0 Å². The van der Waals surface area contributed by atoms with Crippen LogP contribution in [-0.2, 0) is 9.59 Å². The molecule has 0 aromatic carbocycles. The molecule has 102 valence electrons. The van der Waals surface area contributed by atoms with Crippen molar-refractivity contribution >= 4 is 12.2 Å². The van der Waals surface area contributed by atoms with E-state index in [1.54, 1.807) is 0 Å². The van der Waals surface area contributed by atoms with Crippen LogP contribution < -0.4 is 0 Å². The highest BCUT2D eigenvalue weighted by Gasteiger charge is 2.07. The number of unbranched alkanes of at least 4 members (excludes halogenated alkanes) is 6. The first-order chi connectivity index (χ1) is 8.85. The van der Waals surface area contributed by atoms with Gasteiger partial charge in [-0.05, 0) is 12.3 Å². The normalized spacial score (nSPS) is 11.4. The maximum Gasteiger partial charge on any atom is 0.234 e. The Morgan fingerprint density at radius 2 is 1.33 bits per heavy atom. The van der Waals surface area contributed by atoms with E-state index in [9.17, 15) is 9.59 Å². The summed E-state index contributed by atoms with van der Waals surface area (Å²) in [4.78, 5) is 27.3. The van der Waals surface area contributed by atoms with Gasteiger partial charge in [-0.15, -0.1) is 0 Å². The van der Waals surface area contributed by atoms with E-state index in [0.29, 0.717) is 13.1 Å². The van der Waals surface area contributed by atoms with Crippen LogP contribution in [0.1, 0.15) is 58.3 Å². The summed E-state index contributed by atoms with van der Waals surface area (Å²) in [5.74, 6) is 0.184. The number of carbonyl (C=O) groups excluding carboxylic acids is 2. The molecular formula is C14H24N2O2. The fourth-order valence-corrected chi connectivity index (χ4v) is 1.96. The third-order valence-corrected chi connectivity index (χ3v) is 3.04. The van der Waals surface area contributed by atoms with E-state index in [4.69, 9.17) is 0 Å². The van der Waals surface area contributed by atoms with Gasteiger partial charge in [0.1, 0.15) is 0 Å². The predicted octanol–water partition coefficient (Wildman–Crippen LogP) is 3.41. The highest BCUT2D eigenvalue weighted by molar-refractivity contribution is 5.33. The Morgan fingerprint density at radius 1 is 0.833 bits per heavy atom. The second-order valence-corrected chi connectivity index (χ2v) is 4.64. The summed E-state index contributed by atoms with van der Waals surface area (Å²) >= 11 is 0. The van der Waals surface area contributed by atoms with E-state index >= 15 is 0 Å². The number of rotatable bonds is 12. The largest absolute Gasteiger partial charge is 0.234 e. The lowest BCUT2D eigenvalue weighted by Crippen LogP contribution is -2.08. The number of nitrogens with zero attached hydrogens (tertiary/aromatic N) is 2. The molecule has 0 radical (unpaired) electrons. The van der Waals surface area contributed by atoms with Gasteiger partial charge in [-0.3, -0.25) is 0 Å². The first-order valence-corrected chi connectivity index (χ1v) is 6.92. The molecule has 0 atom stereocenters. The molecule has 0 bridgehead atoms. The minimum Gasteiger partial charge on any atom is -0.211 e. The Labute approximate surface area is 110 Å². The summed E-state index contributed by atoms with van der Waals surface area (Å²) in [5.41, 5.74) is 0.